The molecule has 0 radical (unpaired) electrons. The third-order valence-electron chi connectivity index (χ3n) is 3.67. The maximum Gasteiger partial charge on any atom is 0.263 e. The van der Waals surface area contributed by atoms with Crippen LogP contribution in [0.5, 0.6) is 0 Å². The number of anilines is 1. The Morgan fingerprint density at radius 1 is 1.42 bits per heavy atom. The van der Waals surface area contributed by atoms with Crippen LogP contribution in [0.4, 0.5) is 5.69 Å². The molecule has 0 aromatic heterocycles. The average molecular weight is 391 g/mol. The molecule has 1 heterocycles. The van der Waals surface area contributed by atoms with Gasteiger partial charge in [0, 0.05) is 36.7 Å². The number of likely N-dealkylation sites (tertiary alicyclic amines) is 1. The van der Waals surface area contributed by atoms with Gasteiger partial charge in [-0.1, -0.05) is 12.1 Å². The number of rotatable bonds is 7. The minimum absolute atomic E-state index is 0.00278. The topological polar surface area (TPSA) is 85.2 Å². The SMILES string of the molecule is N#C/C(=C/Nc1ccccc1Br)C(=O)NCCCN1CCCC1=O. The molecule has 1 aromatic carbocycles. The van der Waals surface area contributed by atoms with Crippen molar-refractivity contribution in [1.82, 2.24) is 10.2 Å². The van der Waals surface area contributed by atoms with E-state index in [1.54, 1.807) is 0 Å². The summed E-state index contributed by atoms with van der Waals surface area (Å²) >= 11 is 3.39. The Morgan fingerprint density at radius 2 is 2.21 bits per heavy atom. The van der Waals surface area contributed by atoms with Gasteiger partial charge in [0.2, 0.25) is 5.91 Å². The van der Waals surface area contributed by atoms with Crippen LogP contribution in [0.1, 0.15) is 19.3 Å². The number of carbonyl (C=O) groups excluding carboxylic acids is 2. The Kier molecular flexibility index (Phi) is 6.82. The number of carbonyl (C=O) groups is 2. The zero-order valence-electron chi connectivity index (χ0n) is 13.2. The second-order valence-corrected chi connectivity index (χ2v) is 6.24. The Morgan fingerprint density at radius 3 is 2.88 bits per heavy atom. The molecule has 1 fully saturated rings. The van der Waals surface area contributed by atoms with Crippen molar-refractivity contribution in [2.45, 2.75) is 19.3 Å². The molecule has 0 bridgehead atoms. The standard InChI is InChI=1S/C17H19BrN4O2/c18-14-5-1-2-6-15(14)21-12-13(11-19)17(24)20-8-4-10-22-9-3-7-16(22)23/h1-2,5-6,12,21H,3-4,7-10H2,(H,20,24)/b13-12-. The summed E-state index contributed by atoms with van der Waals surface area (Å²) < 4.78 is 0.842. The first-order valence-corrected chi connectivity index (χ1v) is 8.58. The maximum atomic E-state index is 12.0. The second kappa shape index (κ2) is 9.08. The zero-order chi connectivity index (χ0) is 17.4. The molecule has 1 saturated heterocycles. The van der Waals surface area contributed by atoms with E-state index in [1.807, 2.05) is 35.2 Å². The number of amides is 2. The summed E-state index contributed by atoms with van der Waals surface area (Å²) in [5, 5.41) is 14.8. The molecule has 0 aliphatic carbocycles. The fraction of sp³-hybridized carbons (Fsp3) is 0.353. The summed E-state index contributed by atoms with van der Waals surface area (Å²) in [4.78, 5) is 25.3. The molecule has 24 heavy (non-hydrogen) atoms. The monoisotopic (exact) mass is 390 g/mol. The van der Waals surface area contributed by atoms with Crippen LogP contribution in [0.15, 0.2) is 40.5 Å². The first-order valence-electron chi connectivity index (χ1n) is 7.79. The van der Waals surface area contributed by atoms with Crippen LogP contribution in [0, 0.1) is 11.3 Å². The summed E-state index contributed by atoms with van der Waals surface area (Å²) in [6.07, 6.45) is 3.59. The van der Waals surface area contributed by atoms with Crippen LogP contribution in [0.3, 0.4) is 0 Å². The molecule has 1 aliphatic rings. The number of nitrogens with one attached hydrogen (secondary N) is 2. The van der Waals surface area contributed by atoms with Gasteiger partial charge in [0.1, 0.15) is 11.6 Å². The molecule has 126 valence electrons. The summed E-state index contributed by atoms with van der Waals surface area (Å²) in [6, 6.07) is 9.32. The fourth-order valence-corrected chi connectivity index (χ4v) is 2.78. The molecule has 0 atom stereocenters. The van der Waals surface area contributed by atoms with Crippen molar-refractivity contribution in [1.29, 1.82) is 5.26 Å². The quantitative estimate of drug-likeness (QED) is 0.425. The summed E-state index contributed by atoms with van der Waals surface area (Å²) in [5.74, 6) is -0.249. The van der Waals surface area contributed by atoms with Gasteiger partial charge in [-0.25, -0.2) is 0 Å². The van der Waals surface area contributed by atoms with Crippen LogP contribution >= 0.6 is 15.9 Å². The Labute approximate surface area is 149 Å². The molecule has 7 heteroatoms. The molecule has 2 N–H and O–H groups in total. The third-order valence-corrected chi connectivity index (χ3v) is 4.36. The zero-order valence-corrected chi connectivity index (χ0v) is 14.8. The molecule has 6 nitrogen and oxygen atoms in total. The van der Waals surface area contributed by atoms with Crippen LogP contribution < -0.4 is 10.6 Å². The molecular formula is C17H19BrN4O2. The van der Waals surface area contributed by atoms with Gasteiger partial charge in [-0.15, -0.1) is 0 Å². The highest BCUT2D eigenvalue weighted by Gasteiger charge is 2.19. The molecule has 0 spiro atoms. The molecule has 1 aliphatic heterocycles. The van der Waals surface area contributed by atoms with Crippen molar-refractivity contribution >= 4 is 33.4 Å². The van der Waals surface area contributed by atoms with Gasteiger partial charge >= 0.3 is 0 Å². The van der Waals surface area contributed by atoms with E-state index in [9.17, 15) is 9.59 Å². The number of para-hydroxylation sites is 1. The number of benzene rings is 1. The number of halogens is 1. The van der Waals surface area contributed by atoms with E-state index in [0.717, 1.165) is 23.1 Å². The minimum atomic E-state index is -0.426. The summed E-state index contributed by atoms with van der Waals surface area (Å²) in [6.45, 7) is 1.86. The van der Waals surface area contributed by atoms with Crippen molar-refractivity contribution in [3.05, 3.63) is 40.5 Å². The normalized spacial score (nSPS) is 14.4. The van der Waals surface area contributed by atoms with E-state index in [-0.39, 0.29) is 11.5 Å². The Hall–Kier alpha value is -2.33. The van der Waals surface area contributed by atoms with E-state index in [1.165, 1.54) is 6.20 Å². The van der Waals surface area contributed by atoms with E-state index < -0.39 is 5.91 Å². The highest BCUT2D eigenvalue weighted by Crippen LogP contribution is 2.21. The van der Waals surface area contributed by atoms with Gasteiger partial charge in [-0.05, 0) is 40.9 Å². The lowest BCUT2D eigenvalue weighted by atomic mass is 10.2. The number of nitriles is 1. The highest BCUT2D eigenvalue weighted by molar-refractivity contribution is 9.10. The number of hydrogen-bond donors (Lipinski definition) is 2. The summed E-state index contributed by atoms with van der Waals surface area (Å²) in [5.41, 5.74) is 0.772. The van der Waals surface area contributed by atoms with Crippen LogP contribution in [-0.4, -0.2) is 36.3 Å². The second-order valence-electron chi connectivity index (χ2n) is 5.39. The molecule has 0 saturated carbocycles. The summed E-state index contributed by atoms with van der Waals surface area (Å²) in [7, 11) is 0. The first-order chi connectivity index (χ1) is 11.6. The average Bonchev–Trinajstić information content (AvgIpc) is 2.99. The largest absolute Gasteiger partial charge is 0.359 e. The van der Waals surface area contributed by atoms with E-state index in [2.05, 4.69) is 26.6 Å². The molecule has 2 amide bonds. The Balaban J connectivity index is 1.78. The van der Waals surface area contributed by atoms with E-state index in [4.69, 9.17) is 5.26 Å². The molecular weight excluding hydrogens is 372 g/mol. The maximum absolute atomic E-state index is 12.0. The Bertz CT molecular complexity index is 681. The molecule has 2 rings (SSSR count). The lowest BCUT2D eigenvalue weighted by Crippen LogP contribution is -2.31. The smallest absolute Gasteiger partial charge is 0.263 e. The van der Waals surface area contributed by atoms with Crippen molar-refractivity contribution in [2.75, 3.05) is 25.0 Å². The van der Waals surface area contributed by atoms with Gasteiger partial charge in [-0.2, -0.15) is 5.26 Å². The van der Waals surface area contributed by atoms with Gasteiger partial charge in [-0.3, -0.25) is 9.59 Å². The van der Waals surface area contributed by atoms with Crippen molar-refractivity contribution < 1.29 is 9.59 Å². The minimum Gasteiger partial charge on any atom is -0.359 e. The van der Waals surface area contributed by atoms with Crippen LogP contribution in [0.25, 0.3) is 0 Å². The molecule has 1 aromatic rings. The fourth-order valence-electron chi connectivity index (χ4n) is 2.38. The number of nitrogens with zero attached hydrogens (tertiary/aromatic N) is 2. The lowest BCUT2D eigenvalue weighted by molar-refractivity contribution is -0.127. The van der Waals surface area contributed by atoms with Gasteiger partial charge in [0.25, 0.3) is 5.91 Å². The lowest BCUT2D eigenvalue weighted by Gasteiger charge is -2.15. The van der Waals surface area contributed by atoms with Gasteiger partial charge in [0.15, 0.2) is 0 Å². The highest BCUT2D eigenvalue weighted by atomic mass is 79.9. The van der Waals surface area contributed by atoms with Gasteiger partial charge < -0.3 is 15.5 Å². The third kappa shape index (κ3) is 5.10. The van der Waals surface area contributed by atoms with Crippen LogP contribution in [-0.2, 0) is 9.59 Å². The van der Waals surface area contributed by atoms with Crippen molar-refractivity contribution in [3.8, 4) is 6.07 Å². The van der Waals surface area contributed by atoms with Gasteiger partial charge in [0.05, 0.1) is 5.69 Å². The van der Waals surface area contributed by atoms with E-state index >= 15 is 0 Å². The number of hydrogen-bond acceptors (Lipinski definition) is 4. The predicted molar refractivity (Wildman–Crippen MR) is 94.9 cm³/mol. The van der Waals surface area contributed by atoms with Crippen LogP contribution in [0.2, 0.25) is 0 Å². The van der Waals surface area contributed by atoms with E-state index in [0.29, 0.717) is 25.9 Å². The predicted octanol–water partition coefficient (Wildman–Crippen LogP) is 2.40. The van der Waals surface area contributed by atoms with Crippen molar-refractivity contribution in [2.24, 2.45) is 0 Å². The van der Waals surface area contributed by atoms with Crippen molar-refractivity contribution in [3.63, 3.8) is 0 Å². The first kappa shape index (κ1) is 18.0. The molecule has 0 unspecified atom stereocenters.